The van der Waals surface area contributed by atoms with E-state index in [-0.39, 0.29) is 11.7 Å². The number of rotatable bonds is 6. The molecule has 1 N–H and O–H groups in total. The molecular formula is C23H18N2O2S2. The Morgan fingerprint density at radius 1 is 0.966 bits per heavy atom. The quantitative estimate of drug-likeness (QED) is 0.316. The van der Waals surface area contributed by atoms with Gasteiger partial charge in [0, 0.05) is 16.8 Å². The van der Waals surface area contributed by atoms with Gasteiger partial charge in [-0.1, -0.05) is 59.8 Å². The summed E-state index contributed by atoms with van der Waals surface area (Å²) >= 11 is 2.96. The number of fused-ring (bicyclic) bond motifs is 1. The number of benzene rings is 3. The number of carbonyl (C=O) groups is 2. The van der Waals surface area contributed by atoms with Crippen LogP contribution in [0.2, 0.25) is 0 Å². The highest BCUT2D eigenvalue weighted by Gasteiger charge is 2.11. The van der Waals surface area contributed by atoms with E-state index in [0.29, 0.717) is 16.9 Å². The van der Waals surface area contributed by atoms with Crippen molar-refractivity contribution in [3.8, 4) is 0 Å². The largest absolute Gasteiger partial charge is 0.322 e. The maximum Gasteiger partial charge on any atom is 0.255 e. The Balaban J connectivity index is 1.45. The van der Waals surface area contributed by atoms with Gasteiger partial charge in [0.1, 0.15) is 0 Å². The van der Waals surface area contributed by atoms with Gasteiger partial charge in [-0.15, -0.1) is 11.3 Å². The van der Waals surface area contributed by atoms with Crippen LogP contribution in [0, 0.1) is 6.92 Å². The van der Waals surface area contributed by atoms with Crippen molar-refractivity contribution in [2.75, 3.05) is 11.1 Å². The smallest absolute Gasteiger partial charge is 0.255 e. The van der Waals surface area contributed by atoms with Crippen LogP contribution in [0.4, 0.5) is 5.69 Å². The van der Waals surface area contributed by atoms with E-state index >= 15 is 0 Å². The van der Waals surface area contributed by atoms with Gasteiger partial charge < -0.3 is 5.32 Å². The van der Waals surface area contributed by atoms with Crippen LogP contribution >= 0.6 is 23.1 Å². The van der Waals surface area contributed by atoms with E-state index in [4.69, 9.17) is 0 Å². The number of ketones is 1. The Hall–Kier alpha value is -2.96. The fourth-order valence-corrected chi connectivity index (χ4v) is 4.87. The minimum atomic E-state index is -0.138. The molecular weight excluding hydrogens is 400 g/mol. The molecule has 4 aromatic rings. The third kappa shape index (κ3) is 4.72. The van der Waals surface area contributed by atoms with Gasteiger partial charge in [-0.3, -0.25) is 9.59 Å². The van der Waals surface area contributed by atoms with E-state index in [1.165, 1.54) is 23.1 Å². The minimum absolute atomic E-state index is 0.0842. The van der Waals surface area contributed by atoms with Crippen LogP contribution in [0.15, 0.2) is 77.1 Å². The average Bonchev–Trinajstić information content (AvgIpc) is 3.15. The molecule has 0 unspecified atom stereocenters. The van der Waals surface area contributed by atoms with Crippen LogP contribution < -0.4 is 5.32 Å². The van der Waals surface area contributed by atoms with Crippen molar-refractivity contribution in [1.29, 1.82) is 0 Å². The first-order valence-corrected chi connectivity index (χ1v) is 10.9. The van der Waals surface area contributed by atoms with Gasteiger partial charge in [0.05, 0.1) is 16.0 Å². The highest BCUT2D eigenvalue weighted by atomic mass is 32.2. The van der Waals surface area contributed by atoms with Crippen LogP contribution in [-0.2, 0) is 0 Å². The number of aromatic nitrogens is 1. The average molecular weight is 419 g/mol. The van der Waals surface area contributed by atoms with E-state index in [1.807, 2.05) is 73.7 Å². The van der Waals surface area contributed by atoms with E-state index in [0.717, 1.165) is 25.8 Å². The minimum Gasteiger partial charge on any atom is -0.322 e. The Labute approximate surface area is 177 Å². The summed E-state index contributed by atoms with van der Waals surface area (Å²) in [6.45, 7) is 1.96. The number of carbonyl (C=O) groups excluding carboxylic acids is 2. The summed E-state index contributed by atoms with van der Waals surface area (Å²) in [5.41, 5.74) is 3.97. The zero-order valence-electron chi connectivity index (χ0n) is 15.7. The van der Waals surface area contributed by atoms with Crippen molar-refractivity contribution in [3.63, 3.8) is 0 Å². The molecule has 0 spiro atoms. The van der Waals surface area contributed by atoms with Crippen LogP contribution in [0.1, 0.15) is 26.3 Å². The second kappa shape index (κ2) is 8.59. The van der Waals surface area contributed by atoms with Gasteiger partial charge in [0.15, 0.2) is 10.1 Å². The van der Waals surface area contributed by atoms with Crippen LogP contribution in [0.25, 0.3) is 10.2 Å². The summed E-state index contributed by atoms with van der Waals surface area (Å²) in [7, 11) is 0. The van der Waals surface area contributed by atoms with Crippen molar-refractivity contribution in [2.45, 2.75) is 11.3 Å². The number of Topliss-reactive ketones (excluding diaryl/α,β-unsaturated/α-hetero) is 1. The van der Waals surface area contributed by atoms with Crippen molar-refractivity contribution in [3.05, 3.63) is 89.5 Å². The topological polar surface area (TPSA) is 59.1 Å². The molecule has 4 nitrogen and oxygen atoms in total. The number of thioether (sulfide) groups is 1. The lowest BCUT2D eigenvalue weighted by Gasteiger charge is -2.05. The maximum atomic E-state index is 12.5. The first kappa shape index (κ1) is 19.4. The summed E-state index contributed by atoms with van der Waals surface area (Å²) in [4.78, 5) is 29.3. The number of thiazole rings is 1. The standard InChI is InChI=1S/C23H18N2O2S2/c1-15-6-5-9-17(12-15)22(27)24-18-10-11-19-21(13-18)29-23(25-19)28-14-20(26)16-7-3-2-4-8-16/h2-13H,14H2,1H3,(H,24,27). The van der Waals surface area contributed by atoms with Gasteiger partial charge in [-0.2, -0.15) is 0 Å². The lowest BCUT2D eigenvalue weighted by Crippen LogP contribution is -2.11. The first-order chi connectivity index (χ1) is 14.1. The molecule has 0 aliphatic rings. The van der Waals surface area contributed by atoms with E-state index in [2.05, 4.69) is 10.3 Å². The Morgan fingerprint density at radius 3 is 2.55 bits per heavy atom. The predicted octanol–water partition coefficient (Wildman–Crippen LogP) is 5.83. The van der Waals surface area contributed by atoms with Crippen LogP contribution in [0.3, 0.4) is 0 Å². The molecule has 29 heavy (non-hydrogen) atoms. The second-order valence-electron chi connectivity index (χ2n) is 6.56. The lowest BCUT2D eigenvalue weighted by molar-refractivity contribution is 0.101. The molecule has 4 rings (SSSR count). The molecule has 6 heteroatoms. The number of hydrogen-bond acceptors (Lipinski definition) is 5. The van der Waals surface area contributed by atoms with Crippen LogP contribution in [-0.4, -0.2) is 22.4 Å². The van der Waals surface area contributed by atoms with Gasteiger partial charge >= 0.3 is 0 Å². The molecule has 0 aliphatic carbocycles. The monoisotopic (exact) mass is 418 g/mol. The molecule has 3 aromatic carbocycles. The number of aryl methyl sites for hydroxylation is 1. The van der Waals surface area contributed by atoms with E-state index in [9.17, 15) is 9.59 Å². The molecule has 0 fully saturated rings. The first-order valence-electron chi connectivity index (χ1n) is 9.08. The second-order valence-corrected chi connectivity index (χ2v) is 8.82. The maximum absolute atomic E-state index is 12.5. The number of anilines is 1. The third-order valence-electron chi connectivity index (χ3n) is 4.33. The molecule has 0 radical (unpaired) electrons. The molecule has 1 aromatic heterocycles. The van der Waals surface area contributed by atoms with Crippen molar-refractivity contribution in [1.82, 2.24) is 4.98 Å². The van der Waals surface area contributed by atoms with Gasteiger partial charge in [0.2, 0.25) is 0 Å². The van der Waals surface area contributed by atoms with Crippen LogP contribution in [0.5, 0.6) is 0 Å². The van der Waals surface area contributed by atoms with Crippen molar-refractivity contribution >= 4 is 50.7 Å². The zero-order valence-corrected chi connectivity index (χ0v) is 17.3. The predicted molar refractivity (Wildman–Crippen MR) is 120 cm³/mol. The summed E-state index contributed by atoms with van der Waals surface area (Å²) in [5, 5.41) is 2.94. The molecule has 0 bridgehead atoms. The van der Waals surface area contributed by atoms with Crippen molar-refractivity contribution in [2.24, 2.45) is 0 Å². The summed E-state index contributed by atoms with van der Waals surface area (Å²) in [5.74, 6) is 0.294. The summed E-state index contributed by atoms with van der Waals surface area (Å²) in [6, 6.07) is 22.4. The molecule has 1 heterocycles. The number of hydrogen-bond donors (Lipinski definition) is 1. The lowest BCUT2D eigenvalue weighted by atomic mass is 10.1. The molecule has 0 saturated heterocycles. The number of amides is 1. The Bertz CT molecular complexity index is 1190. The van der Waals surface area contributed by atoms with Gasteiger partial charge in [-0.25, -0.2) is 4.98 Å². The fourth-order valence-electron chi connectivity index (χ4n) is 2.87. The fraction of sp³-hybridized carbons (Fsp3) is 0.0870. The normalized spacial score (nSPS) is 10.8. The zero-order chi connectivity index (χ0) is 20.2. The SMILES string of the molecule is Cc1cccc(C(=O)Nc2ccc3nc(SCC(=O)c4ccccc4)sc3c2)c1. The Kier molecular flexibility index (Phi) is 5.74. The van der Waals surface area contributed by atoms with Crippen molar-refractivity contribution < 1.29 is 9.59 Å². The molecule has 1 amide bonds. The highest BCUT2D eigenvalue weighted by Crippen LogP contribution is 2.31. The third-order valence-corrected chi connectivity index (χ3v) is 6.49. The van der Waals surface area contributed by atoms with E-state index < -0.39 is 0 Å². The Morgan fingerprint density at radius 2 is 1.76 bits per heavy atom. The van der Waals surface area contributed by atoms with E-state index in [1.54, 1.807) is 6.07 Å². The molecule has 0 saturated carbocycles. The summed E-state index contributed by atoms with van der Waals surface area (Å²) in [6.07, 6.45) is 0. The summed E-state index contributed by atoms with van der Waals surface area (Å²) < 4.78 is 1.81. The number of nitrogens with one attached hydrogen (secondary N) is 1. The molecule has 0 atom stereocenters. The van der Waals surface area contributed by atoms with Gasteiger partial charge in [0.25, 0.3) is 5.91 Å². The number of nitrogens with zero attached hydrogens (tertiary/aromatic N) is 1. The molecule has 0 aliphatic heterocycles. The highest BCUT2D eigenvalue weighted by molar-refractivity contribution is 8.01. The van der Waals surface area contributed by atoms with Gasteiger partial charge in [-0.05, 0) is 37.3 Å². The molecule has 144 valence electrons.